The SMILES string of the molecule is CCCNCC(Cc1ccsc1)c1ccccc1Br. The second-order valence-corrected chi connectivity index (χ2v) is 6.39. The third-order valence-electron chi connectivity index (χ3n) is 3.22. The molecule has 0 aliphatic heterocycles. The maximum absolute atomic E-state index is 3.68. The second-order valence-electron chi connectivity index (χ2n) is 4.76. The maximum Gasteiger partial charge on any atom is 0.0210 e. The summed E-state index contributed by atoms with van der Waals surface area (Å²) >= 11 is 5.46. The molecule has 2 rings (SSSR count). The van der Waals surface area contributed by atoms with E-state index in [4.69, 9.17) is 0 Å². The van der Waals surface area contributed by atoms with E-state index in [0.29, 0.717) is 5.92 Å². The zero-order valence-electron chi connectivity index (χ0n) is 11.2. The Hall–Kier alpha value is -0.640. The van der Waals surface area contributed by atoms with Crippen LogP contribution in [0.3, 0.4) is 0 Å². The lowest BCUT2D eigenvalue weighted by Crippen LogP contribution is -2.23. The topological polar surface area (TPSA) is 12.0 Å². The van der Waals surface area contributed by atoms with Crippen molar-refractivity contribution in [2.24, 2.45) is 0 Å². The summed E-state index contributed by atoms with van der Waals surface area (Å²) in [6.45, 7) is 4.33. The summed E-state index contributed by atoms with van der Waals surface area (Å²) in [6.07, 6.45) is 2.28. The van der Waals surface area contributed by atoms with Crippen molar-refractivity contribution >= 4 is 27.3 Å². The van der Waals surface area contributed by atoms with E-state index in [1.54, 1.807) is 11.3 Å². The molecule has 1 nitrogen and oxygen atoms in total. The monoisotopic (exact) mass is 337 g/mol. The van der Waals surface area contributed by atoms with Gasteiger partial charge in [-0.1, -0.05) is 41.1 Å². The molecule has 2 aromatic rings. The average molecular weight is 338 g/mol. The van der Waals surface area contributed by atoms with Crippen molar-refractivity contribution in [1.82, 2.24) is 5.32 Å². The Labute approximate surface area is 128 Å². The van der Waals surface area contributed by atoms with Crippen molar-refractivity contribution in [2.75, 3.05) is 13.1 Å². The van der Waals surface area contributed by atoms with E-state index in [9.17, 15) is 0 Å². The highest BCUT2D eigenvalue weighted by Gasteiger charge is 2.14. The minimum atomic E-state index is 0.525. The van der Waals surface area contributed by atoms with Crippen LogP contribution in [0.1, 0.15) is 30.4 Å². The first-order valence-electron chi connectivity index (χ1n) is 6.77. The molecule has 19 heavy (non-hydrogen) atoms. The number of rotatable bonds is 7. The summed E-state index contributed by atoms with van der Waals surface area (Å²) in [6, 6.07) is 10.8. The summed E-state index contributed by atoms with van der Waals surface area (Å²) in [7, 11) is 0. The van der Waals surface area contributed by atoms with E-state index in [-0.39, 0.29) is 0 Å². The summed E-state index contributed by atoms with van der Waals surface area (Å²) in [5, 5.41) is 7.97. The van der Waals surface area contributed by atoms with E-state index in [2.05, 4.69) is 69.3 Å². The standard InChI is InChI=1S/C16H20BrNS/c1-2-8-18-11-14(10-13-7-9-19-12-13)15-5-3-4-6-16(15)17/h3-7,9,12,14,18H,2,8,10-11H2,1H3. The third-order valence-corrected chi connectivity index (χ3v) is 4.68. The number of hydrogen-bond acceptors (Lipinski definition) is 2. The molecule has 1 heterocycles. The van der Waals surface area contributed by atoms with E-state index in [1.807, 2.05) is 0 Å². The van der Waals surface area contributed by atoms with Crippen molar-refractivity contribution in [3.05, 3.63) is 56.7 Å². The normalized spacial score (nSPS) is 12.5. The first kappa shape index (κ1) is 14.8. The number of benzene rings is 1. The Bertz CT molecular complexity index is 481. The largest absolute Gasteiger partial charge is 0.316 e. The van der Waals surface area contributed by atoms with E-state index >= 15 is 0 Å². The number of halogens is 1. The van der Waals surface area contributed by atoms with E-state index in [0.717, 1.165) is 19.5 Å². The van der Waals surface area contributed by atoms with Crippen LogP contribution >= 0.6 is 27.3 Å². The minimum absolute atomic E-state index is 0.525. The van der Waals surface area contributed by atoms with Gasteiger partial charge in [0.1, 0.15) is 0 Å². The van der Waals surface area contributed by atoms with Gasteiger partial charge < -0.3 is 5.32 Å². The fourth-order valence-corrected chi connectivity index (χ4v) is 3.53. The molecule has 0 saturated heterocycles. The fourth-order valence-electron chi connectivity index (χ4n) is 2.24. The lowest BCUT2D eigenvalue weighted by Gasteiger charge is -2.19. The molecule has 0 aliphatic carbocycles. The van der Waals surface area contributed by atoms with Gasteiger partial charge in [0.15, 0.2) is 0 Å². The molecule has 1 aromatic carbocycles. The molecular weight excluding hydrogens is 318 g/mol. The summed E-state index contributed by atoms with van der Waals surface area (Å²) in [4.78, 5) is 0. The predicted octanol–water partition coefficient (Wildman–Crippen LogP) is 4.84. The summed E-state index contributed by atoms with van der Waals surface area (Å²) in [5.74, 6) is 0.525. The Morgan fingerprint density at radius 3 is 2.79 bits per heavy atom. The molecule has 1 N–H and O–H groups in total. The molecule has 0 spiro atoms. The zero-order chi connectivity index (χ0) is 13.5. The van der Waals surface area contributed by atoms with Crippen molar-refractivity contribution in [1.29, 1.82) is 0 Å². The van der Waals surface area contributed by atoms with E-state index < -0.39 is 0 Å². The zero-order valence-corrected chi connectivity index (χ0v) is 13.6. The molecule has 3 heteroatoms. The molecular formula is C16H20BrNS. The van der Waals surface area contributed by atoms with Crippen molar-refractivity contribution in [3.8, 4) is 0 Å². The van der Waals surface area contributed by atoms with Crippen LogP contribution in [0.4, 0.5) is 0 Å². The van der Waals surface area contributed by atoms with Gasteiger partial charge >= 0.3 is 0 Å². The molecule has 0 aliphatic rings. The Morgan fingerprint density at radius 1 is 1.26 bits per heavy atom. The molecule has 0 saturated carbocycles. The van der Waals surface area contributed by atoms with Gasteiger partial charge in [0, 0.05) is 16.9 Å². The van der Waals surface area contributed by atoms with Crippen LogP contribution in [0, 0.1) is 0 Å². The Balaban J connectivity index is 2.11. The van der Waals surface area contributed by atoms with Crippen LogP contribution in [-0.2, 0) is 6.42 Å². The molecule has 0 radical (unpaired) electrons. The molecule has 0 bridgehead atoms. The first-order valence-corrected chi connectivity index (χ1v) is 8.51. The van der Waals surface area contributed by atoms with Gasteiger partial charge in [-0.15, -0.1) is 0 Å². The minimum Gasteiger partial charge on any atom is -0.316 e. The van der Waals surface area contributed by atoms with Crippen molar-refractivity contribution in [2.45, 2.75) is 25.7 Å². The molecule has 102 valence electrons. The number of nitrogens with one attached hydrogen (secondary N) is 1. The van der Waals surface area contributed by atoms with Gasteiger partial charge in [0.25, 0.3) is 0 Å². The van der Waals surface area contributed by atoms with Gasteiger partial charge in [-0.3, -0.25) is 0 Å². The molecule has 1 atom stereocenters. The van der Waals surface area contributed by atoms with Crippen LogP contribution in [-0.4, -0.2) is 13.1 Å². The summed E-state index contributed by atoms with van der Waals surface area (Å²) in [5.41, 5.74) is 2.83. The van der Waals surface area contributed by atoms with Crippen LogP contribution in [0.2, 0.25) is 0 Å². The highest BCUT2D eigenvalue weighted by Crippen LogP contribution is 2.28. The Kier molecular flexibility index (Phi) is 6.08. The number of thiophene rings is 1. The smallest absolute Gasteiger partial charge is 0.0210 e. The molecule has 1 unspecified atom stereocenters. The summed E-state index contributed by atoms with van der Waals surface area (Å²) < 4.78 is 1.22. The van der Waals surface area contributed by atoms with Crippen molar-refractivity contribution < 1.29 is 0 Å². The quantitative estimate of drug-likeness (QED) is 0.713. The van der Waals surface area contributed by atoms with Crippen LogP contribution in [0.5, 0.6) is 0 Å². The molecule has 0 amide bonds. The lowest BCUT2D eigenvalue weighted by molar-refractivity contribution is 0.576. The van der Waals surface area contributed by atoms with Gasteiger partial charge in [0.05, 0.1) is 0 Å². The molecule has 0 fully saturated rings. The van der Waals surface area contributed by atoms with Crippen LogP contribution in [0.25, 0.3) is 0 Å². The fraction of sp³-hybridized carbons (Fsp3) is 0.375. The predicted molar refractivity (Wildman–Crippen MR) is 88.1 cm³/mol. The first-order chi connectivity index (χ1) is 9.31. The van der Waals surface area contributed by atoms with Gasteiger partial charge in [-0.05, 0) is 53.4 Å². The highest BCUT2D eigenvalue weighted by atomic mass is 79.9. The molecule has 1 aromatic heterocycles. The highest BCUT2D eigenvalue weighted by molar-refractivity contribution is 9.10. The van der Waals surface area contributed by atoms with Gasteiger partial charge in [-0.2, -0.15) is 11.3 Å². The van der Waals surface area contributed by atoms with Crippen LogP contribution < -0.4 is 5.32 Å². The van der Waals surface area contributed by atoms with E-state index in [1.165, 1.54) is 22.0 Å². The Morgan fingerprint density at radius 2 is 2.11 bits per heavy atom. The van der Waals surface area contributed by atoms with Crippen molar-refractivity contribution in [3.63, 3.8) is 0 Å². The lowest BCUT2D eigenvalue weighted by atomic mass is 9.93. The van der Waals surface area contributed by atoms with Gasteiger partial charge in [0.2, 0.25) is 0 Å². The van der Waals surface area contributed by atoms with Gasteiger partial charge in [-0.25, -0.2) is 0 Å². The van der Waals surface area contributed by atoms with Crippen LogP contribution in [0.15, 0.2) is 45.6 Å². The third kappa shape index (κ3) is 4.44. The maximum atomic E-state index is 3.68. The second kappa shape index (κ2) is 7.83. The number of hydrogen-bond donors (Lipinski definition) is 1. The average Bonchev–Trinajstić information content (AvgIpc) is 2.91.